The van der Waals surface area contributed by atoms with E-state index in [-0.39, 0.29) is 23.6 Å². The normalized spacial score (nSPS) is 19.8. The lowest BCUT2D eigenvalue weighted by Crippen LogP contribution is -2.21. The summed E-state index contributed by atoms with van der Waals surface area (Å²) in [4.78, 5) is 21.6. The molecule has 1 heterocycles. The fourth-order valence-corrected chi connectivity index (χ4v) is 2.74. The van der Waals surface area contributed by atoms with Crippen LogP contribution >= 0.6 is 0 Å². The Balaban J connectivity index is 2.54. The number of carbonyl (C=O) groups is 1. The number of carbonyl (C=O) groups excluding carboxylic acids is 1. The molecule has 1 atom stereocenters. The Morgan fingerprint density at radius 1 is 1.40 bits per heavy atom. The molecule has 6 heteroatoms. The van der Waals surface area contributed by atoms with Gasteiger partial charge in [-0.2, -0.15) is 0 Å². The van der Waals surface area contributed by atoms with E-state index in [4.69, 9.17) is 0 Å². The van der Waals surface area contributed by atoms with E-state index in [1.54, 1.807) is 0 Å². The molecule has 0 aliphatic carbocycles. The van der Waals surface area contributed by atoms with Gasteiger partial charge in [0.15, 0.2) is 10.7 Å². The predicted molar refractivity (Wildman–Crippen MR) is 53.3 cm³/mol. The standard InChI is InChI=1S/C9H7NO4S/c11-8-3-4-15(14)9-5-6(10(12)13)1-2-7(8)9/h1-2,5H,3-4H2. The molecule has 0 fully saturated rings. The number of nitrogens with zero attached hydrogens (tertiary/aromatic N) is 1. The number of nitro benzene ring substituents is 1. The summed E-state index contributed by atoms with van der Waals surface area (Å²) in [7, 11) is 0. The van der Waals surface area contributed by atoms with E-state index in [1.807, 2.05) is 0 Å². The average Bonchev–Trinajstić information content (AvgIpc) is 2.23. The Labute approximate surface area is 88.4 Å². The molecule has 5 nitrogen and oxygen atoms in total. The van der Waals surface area contributed by atoms with E-state index < -0.39 is 16.1 Å². The molecule has 1 unspecified atom stereocenters. The van der Waals surface area contributed by atoms with Crippen LogP contribution in [-0.4, -0.2) is 21.0 Å². The van der Waals surface area contributed by atoms with E-state index in [9.17, 15) is 19.5 Å². The van der Waals surface area contributed by atoms with Crippen LogP contribution in [0.3, 0.4) is 0 Å². The summed E-state index contributed by atoms with van der Waals surface area (Å²) in [6.45, 7) is 0. The lowest BCUT2D eigenvalue weighted by atomic mass is 10.1. The Morgan fingerprint density at radius 2 is 2.13 bits per heavy atom. The monoisotopic (exact) mass is 225 g/mol. The van der Waals surface area contributed by atoms with E-state index in [2.05, 4.69) is 0 Å². The van der Waals surface area contributed by atoms with Gasteiger partial charge in [-0.05, 0) is 17.2 Å². The maximum Gasteiger partial charge on any atom is 0.274 e. The molecule has 1 aliphatic heterocycles. The lowest BCUT2D eigenvalue weighted by Gasteiger charge is -2.17. The second-order valence-corrected chi connectivity index (χ2v) is 4.70. The first-order valence-corrected chi connectivity index (χ1v) is 5.61. The second kappa shape index (κ2) is 3.63. The zero-order chi connectivity index (χ0) is 11.0. The topological polar surface area (TPSA) is 83.3 Å². The SMILES string of the molecule is O=C1CC[S+]([O-])c2cc([N+](=O)[O-])ccc21. The van der Waals surface area contributed by atoms with Gasteiger partial charge in [0.2, 0.25) is 0 Å². The number of benzene rings is 1. The summed E-state index contributed by atoms with van der Waals surface area (Å²) in [5.41, 5.74) is 0.224. The molecule has 1 aromatic rings. The van der Waals surface area contributed by atoms with Gasteiger partial charge in [-0.1, -0.05) is 0 Å². The van der Waals surface area contributed by atoms with Crippen molar-refractivity contribution in [3.8, 4) is 0 Å². The van der Waals surface area contributed by atoms with Crippen LogP contribution in [0.5, 0.6) is 0 Å². The molecule has 1 aromatic carbocycles. The molecule has 0 saturated carbocycles. The van der Waals surface area contributed by atoms with Crippen LogP contribution in [0.1, 0.15) is 16.8 Å². The van der Waals surface area contributed by atoms with Crippen molar-refractivity contribution < 1.29 is 14.3 Å². The van der Waals surface area contributed by atoms with Crippen molar-refractivity contribution in [2.45, 2.75) is 11.3 Å². The summed E-state index contributed by atoms with van der Waals surface area (Å²) in [6.07, 6.45) is 0.247. The number of ketones is 1. The van der Waals surface area contributed by atoms with Crippen molar-refractivity contribution in [3.05, 3.63) is 33.9 Å². The first-order valence-electron chi connectivity index (χ1n) is 4.29. The third-order valence-electron chi connectivity index (χ3n) is 2.24. The van der Waals surface area contributed by atoms with Crippen LogP contribution in [0.15, 0.2) is 23.1 Å². The summed E-state index contributed by atoms with van der Waals surface area (Å²) >= 11 is -1.29. The van der Waals surface area contributed by atoms with Crippen LogP contribution in [0.25, 0.3) is 0 Å². The Kier molecular flexibility index (Phi) is 2.45. The van der Waals surface area contributed by atoms with Gasteiger partial charge in [0, 0.05) is 6.07 Å². The van der Waals surface area contributed by atoms with Gasteiger partial charge in [-0.25, -0.2) is 0 Å². The van der Waals surface area contributed by atoms with Crippen molar-refractivity contribution in [1.29, 1.82) is 0 Å². The van der Waals surface area contributed by atoms with Gasteiger partial charge >= 0.3 is 0 Å². The highest BCUT2D eigenvalue weighted by Gasteiger charge is 2.29. The first kappa shape index (κ1) is 10.1. The molecule has 0 spiro atoms. The maximum atomic E-state index is 11.5. The van der Waals surface area contributed by atoms with Gasteiger partial charge in [0.1, 0.15) is 5.75 Å². The minimum Gasteiger partial charge on any atom is -0.611 e. The van der Waals surface area contributed by atoms with Crippen LogP contribution in [-0.2, 0) is 11.2 Å². The Morgan fingerprint density at radius 3 is 2.80 bits per heavy atom. The number of rotatable bonds is 1. The molecule has 2 rings (SSSR count). The van der Waals surface area contributed by atoms with Crippen molar-refractivity contribution in [3.63, 3.8) is 0 Å². The fraction of sp³-hybridized carbons (Fsp3) is 0.222. The van der Waals surface area contributed by atoms with Gasteiger partial charge in [0.25, 0.3) is 5.69 Å². The highest BCUT2D eigenvalue weighted by Crippen LogP contribution is 2.28. The smallest absolute Gasteiger partial charge is 0.274 e. The van der Waals surface area contributed by atoms with Crippen LogP contribution in [0.4, 0.5) is 5.69 Å². The zero-order valence-electron chi connectivity index (χ0n) is 7.63. The molecular formula is C9H7NO4S. The number of nitro groups is 1. The zero-order valence-corrected chi connectivity index (χ0v) is 8.45. The molecule has 0 bridgehead atoms. The van der Waals surface area contributed by atoms with E-state index in [0.717, 1.165) is 0 Å². The van der Waals surface area contributed by atoms with Crippen molar-refractivity contribution >= 4 is 22.6 Å². The van der Waals surface area contributed by atoms with Crippen LogP contribution in [0.2, 0.25) is 0 Å². The number of hydrogen-bond donors (Lipinski definition) is 0. The third kappa shape index (κ3) is 1.73. The van der Waals surface area contributed by atoms with Crippen molar-refractivity contribution in [2.75, 3.05) is 5.75 Å². The van der Waals surface area contributed by atoms with Gasteiger partial charge < -0.3 is 4.55 Å². The highest BCUT2D eigenvalue weighted by molar-refractivity contribution is 7.91. The van der Waals surface area contributed by atoms with Crippen LogP contribution in [0, 0.1) is 10.1 Å². The van der Waals surface area contributed by atoms with Crippen molar-refractivity contribution in [2.24, 2.45) is 0 Å². The molecular weight excluding hydrogens is 218 g/mol. The number of fused-ring (bicyclic) bond motifs is 1. The maximum absolute atomic E-state index is 11.5. The average molecular weight is 225 g/mol. The lowest BCUT2D eigenvalue weighted by molar-refractivity contribution is -0.385. The van der Waals surface area contributed by atoms with Gasteiger partial charge in [-0.15, -0.1) is 0 Å². The molecule has 15 heavy (non-hydrogen) atoms. The third-order valence-corrected chi connectivity index (χ3v) is 3.64. The molecule has 1 aliphatic rings. The summed E-state index contributed by atoms with van der Waals surface area (Å²) in [5.74, 6) is 0.159. The molecule has 0 N–H and O–H groups in total. The summed E-state index contributed by atoms with van der Waals surface area (Å²) in [6, 6.07) is 3.87. The second-order valence-electron chi connectivity index (χ2n) is 3.16. The summed E-state index contributed by atoms with van der Waals surface area (Å²) in [5, 5.41) is 10.5. The number of non-ortho nitro benzene ring substituents is 1. The molecule has 78 valence electrons. The highest BCUT2D eigenvalue weighted by atomic mass is 32.2. The van der Waals surface area contributed by atoms with Crippen LogP contribution < -0.4 is 0 Å². The molecule has 0 amide bonds. The number of Topliss-reactive ketones (excluding diaryl/α,β-unsaturated/α-hetero) is 1. The summed E-state index contributed by atoms with van der Waals surface area (Å²) < 4.78 is 11.5. The van der Waals surface area contributed by atoms with E-state index in [1.165, 1.54) is 18.2 Å². The van der Waals surface area contributed by atoms with Crippen molar-refractivity contribution in [1.82, 2.24) is 0 Å². The molecule has 0 radical (unpaired) electrons. The molecule has 0 saturated heterocycles. The Bertz CT molecular complexity index is 446. The Hall–Kier alpha value is -1.40. The molecule has 0 aromatic heterocycles. The minimum atomic E-state index is -1.29. The van der Waals surface area contributed by atoms with Gasteiger partial charge in [-0.3, -0.25) is 14.9 Å². The van der Waals surface area contributed by atoms with Gasteiger partial charge in [0.05, 0.1) is 23.0 Å². The van der Waals surface area contributed by atoms with E-state index >= 15 is 0 Å². The largest absolute Gasteiger partial charge is 0.611 e. The number of hydrogen-bond acceptors (Lipinski definition) is 4. The predicted octanol–water partition coefficient (Wildman–Crippen LogP) is 1.29. The minimum absolute atomic E-state index is 0.0977. The fourth-order valence-electron chi connectivity index (χ4n) is 1.47. The quantitative estimate of drug-likeness (QED) is 0.409. The van der Waals surface area contributed by atoms with E-state index in [0.29, 0.717) is 10.5 Å². The first-order chi connectivity index (χ1) is 7.09.